The smallest absolute Gasteiger partial charge is 0.0655 e. The van der Waals surface area contributed by atoms with Gasteiger partial charge in [-0.3, -0.25) is 0 Å². The molecule has 0 atom stereocenters. The minimum absolute atomic E-state index is 0.388. The van der Waals surface area contributed by atoms with Gasteiger partial charge in [-0.05, 0) is 36.9 Å². The topological polar surface area (TPSA) is 35.2 Å². The number of nitrogens with two attached hydrogens (primary N) is 1. The van der Waals surface area contributed by atoms with Gasteiger partial charge in [-0.15, -0.1) is 0 Å². The van der Waals surface area contributed by atoms with Crippen molar-refractivity contribution >= 4 is 0 Å². The molecular weight excluding hydrogens is 174 g/mol. The Morgan fingerprint density at radius 1 is 1.21 bits per heavy atom. The molecule has 0 unspecified atom stereocenters. The van der Waals surface area contributed by atoms with Crippen molar-refractivity contribution < 1.29 is 4.74 Å². The van der Waals surface area contributed by atoms with Crippen molar-refractivity contribution in [1.29, 1.82) is 0 Å². The Hall–Kier alpha value is -0.860. The summed E-state index contributed by atoms with van der Waals surface area (Å²) in [6, 6.07) is 8.59. The highest BCUT2D eigenvalue weighted by Crippen LogP contribution is 2.23. The van der Waals surface area contributed by atoms with E-state index in [2.05, 4.69) is 24.3 Å². The standard InChI is InChI=1S/C12H17NO/c13-6-3-7-14-12-8-10-4-1-2-5-11(10)9-12/h1-2,4-5,12H,3,6-9,13H2. The summed E-state index contributed by atoms with van der Waals surface area (Å²) >= 11 is 0. The van der Waals surface area contributed by atoms with Crippen LogP contribution in [-0.4, -0.2) is 19.3 Å². The molecule has 2 nitrogen and oxygen atoms in total. The van der Waals surface area contributed by atoms with Crippen LogP contribution >= 0.6 is 0 Å². The highest BCUT2D eigenvalue weighted by Gasteiger charge is 2.20. The zero-order valence-corrected chi connectivity index (χ0v) is 8.41. The molecule has 0 spiro atoms. The molecule has 1 aliphatic carbocycles. The van der Waals surface area contributed by atoms with Gasteiger partial charge in [-0.2, -0.15) is 0 Å². The van der Waals surface area contributed by atoms with Crippen LogP contribution in [0, 0.1) is 0 Å². The van der Waals surface area contributed by atoms with Crippen LogP contribution in [-0.2, 0) is 17.6 Å². The van der Waals surface area contributed by atoms with E-state index in [0.717, 1.165) is 32.4 Å². The van der Waals surface area contributed by atoms with E-state index in [1.807, 2.05) is 0 Å². The molecule has 1 aliphatic rings. The summed E-state index contributed by atoms with van der Waals surface area (Å²) in [5.74, 6) is 0. The zero-order valence-electron chi connectivity index (χ0n) is 8.41. The molecule has 0 aromatic heterocycles. The molecule has 0 saturated heterocycles. The highest BCUT2D eigenvalue weighted by atomic mass is 16.5. The second-order valence-electron chi connectivity index (χ2n) is 3.81. The van der Waals surface area contributed by atoms with Crippen LogP contribution in [0.15, 0.2) is 24.3 Å². The largest absolute Gasteiger partial charge is 0.377 e. The van der Waals surface area contributed by atoms with E-state index in [4.69, 9.17) is 10.5 Å². The predicted octanol–water partition coefficient (Wildman–Crippen LogP) is 1.52. The van der Waals surface area contributed by atoms with Crippen molar-refractivity contribution in [2.45, 2.75) is 25.4 Å². The molecule has 0 saturated carbocycles. The number of ether oxygens (including phenoxy) is 1. The molecule has 2 heteroatoms. The minimum atomic E-state index is 0.388. The molecule has 76 valence electrons. The fourth-order valence-electron chi connectivity index (χ4n) is 1.97. The minimum Gasteiger partial charge on any atom is -0.377 e. The SMILES string of the molecule is NCCCOC1Cc2ccccc2C1. The van der Waals surface area contributed by atoms with E-state index in [0.29, 0.717) is 6.10 Å². The van der Waals surface area contributed by atoms with Gasteiger partial charge in [0.15, 0.2) is 0 Å². The van der Waals surface area contributed by atoms with Crippen LogP contribution in [0.25, 0.3) is 0 Å². The summed E-state index contributed by atoms with van der Waals surface area (Å²) < 4.78 is 5.75. The van der Waals surface area contributed by atoms with Gasteiger partial charge in [-0.1, -0.05) is 24.3 Å². The first-order valence-electron chi connectivity index (χ1n) is 5.28. The summed E-state index contributed by atoms with van der Waals surface area (Å²) in [7, 11) is 0. The van der Waals surface area contributed by atoms with Crippen LogP contribution in [0.3, 0.4) is 0 Å². The van der Waals surface area contributed by atoms with Gasteiger partial charge in [0.2, 0.25) is 0 Å². The average molecular weight is 191 g/mol. The lowest BCUT2D eigenvalue weighted by molar-refractivity contribution is 0.0602. The third kappa shape index (κ3) is 2.14. The van der Waals surface area contributed by atoms with Crippen molar-refractivity contribution in [3.8, 4) is 0 Å². The molecule has 0 heterocycles. The Labute approximate surface area is 85.1 Å². The van der Waals surface area contributed by atoms with Crippen LogP contribution in [0.5, 0.6) is 0 Å². The third-order valence-electron chi connectivity index (χ3n) is 2.72. The van der Waals surface area contributed by atoms with Crippen LogP contribution in [0.4, 0.5) is 0 Å². The summed E-state index contributed by atoms with van der Waals surface area (Å²) in [5.41, 5.74) is 8.32. The first-order chi connectivity index (χ1) is 6.90. The van der Waals surface area contributed by atoms with Crippen LogP contribution in [0.2, 0.25) is 0 Å². The van der Waals surface area contributed by atoms with E-state index in [9.17, 15) is 0 Å². The second-order valence-corrected chi connectivity index (χ2v) is 3.81. The van der Waals surface area contributed by atoms with Crippen molar-refractivity contribution in [2.24, 2.45) is 5.73 Å². The number of hydrogen-bond donors (Lipinski definition) is 1. The monoisotopic (exact) mass is 191 g/mol. The molecule has 0 aliphatic heterocycles. The van der Waals surface area contributed by atoms with E-state index < -0.39 is 0 Å². The maximum atomic E-state index is 5.75. The molecule has 1 aromatic carbocycles. The van der Waals surface area contributed by atoms with Gasteiger partial charge in [0.25, 0.3) is 0 Å². The van der Waals surface area contributed by atoms with Crippen molar-refractivity contribution in [1.82, 2.24) is 0 Å². The average Bonchev–Trinajstić information content (AvgIpc) is 2.60. The molecular formula is C12H17NO. The summed E-state index contributed by atoms with van der Waals surface area (Å²) in [6.45, 7) is 1.52. The second kappa shape index (κ2) is 4.58. The molecule has 14 heavy (non-hydrogen) atoms. The molecule has 0 amide bonds. The van der Waals surface area contributed by atoms with Gasteiger partial charge < -0.3 is 10.5 Å². The summed E-state index contributed by atoms with van der Waals surface area (Å²) in [5, 5.41) is 0. The Kier molecular flexibility index (Phi) is 3.17. The fourth-order valence-corrected chi connectivity index (χ4v) is 1.97. The molecule has 1 aromatic rings. The first-order valence-corrected chi connectivity index (χ1v) is 5.28. The van der Waals surface area contributed by atoms with Gasteiger partial charge in [0.1, 0.15) is 0 Å². The van der Waals surface area contributed by atoms with Crippen molar-refractivity contribution in [3.05, 3.63) is 35.4 Å². The van der Waals surface area contributed by atoms with E-state index in [1.54, 1.807) is 0 Å². The van der Waals surface area contributed by atoms with Gasteiger partial charge in [-0.25, -0.2) is 0 Å². The quantitative estimate of drug-likeness (QED) is 0.732. The first kappa shape index (κ1) is 9.69. The normalized spacial score (nSPS) is 15.8. The molecule has 2 N–H and O–H groups in total. The summed E-state index contributed by atoms with van der Waals surface area (Å²) in [4.78, 5) is 0. The lowest BCUT2D eigenvalue weighted by Crippen LogP contribution is -2.15. The summed E-state index contributed by atoms with van der Waals surface area (Å²) in [6.07, 6.45) is 3.49. The van der Waals surface area contributed by atoms with Gasteiger partial charge in [0, 0.05) is 6.61 Å². The van der Waals surface area contributed by atoms with E-state index in [1.165, 1.54) is 11.1 Å². The predicted molar refractivity (Wildman–Crippen MR) is 57.3 cm³/mol. The molecule has 0 radical (unpaired) electrons. The lowest BCUT2D eigenvalue weighted by Gasteiger charge is -2.09. The van der Waals surface area contributed by atoms with Crippen LogP contribution < -0.4 is 5.73 Å². The molecule has 0 fully saturated rings. The van der Waals surface area contributed by atoms with Gasteiger partial charge in [0.05, 0.1) is 6.10 Å². The van der Waals surface area contributed by atoms with E-state index >= 15 is 0 Å². The van der Waals surface area contributed by atoms with E-state index in [-0.39, 0.29) is 0 Å². The fraction of sp³-hybridized carbons (Fsp3) is 0.500. The number of rotatable bonds is 4. The van der Waals surface area contributed by atoms with Crippen molar-refractivity contribution in [2.75, 3.05) is 13.2 Å². The number of benzene rings is 1. The Morgan fingerprint density at radius 2 is 1.86 bits per heavy atom. The lowest BCUT2D eigenvalue weighted by atomic mass is 10.1. The number of hydrogen-bond acceptors (Lipinski definition) is 2. The van der Waals surface area contributed by atoms with Crippen LogP contribution in [0.1, 0.15) is 17.5 Å². The molecule has 2 rings (SSSR count). The Balaban J connectivity index is 1.86. The van der Waals surface area contributed by atoms with Gasteiger partial charge >= 0.3 is 0 Å². The number of fused-ring (bicyclic) bond motifs is 1. The van der Waals surface area contributed by atoms with Crippen molar-refractivity contribution in [3.63, 3.8) is 0 Å². The Morgan fingerprint density at radius 3 is 2.43 bits per heavy atom. The highest BCUT2D eigenvalue weighted by molar-refractivity contribution is 5.32. The third-order valence-corrected chi connectivity index (χ3v) is 2.72. The Bertz CT molecular complexity index is 273. The zero-order chi connectivity index (χ0) is 9.80. The molecule has 0 bridgehead atoms. The maximum Gasteiger partial charge on any atom is 0.0655 e. The maximum absolute atomic E-state index is 5.75.